The molecular weight excluding hydrogens is 244 g/mol. The highest BCUT2D eigenvalue weighted by molar-refractivity contribution is 5.71. The van der Waals surface area contributed by atoms with Crippen LogP contribution in [0.1, 0.15) is 40.0 Å². The summed E-state index contributed by atoms with van der Waals surface area (Å²) in [6, 6.07) is 0. The zero-order chi connectivity index (χ0) is 14.3. The molecule has 0 bridgehead atoms. The van der Waals surface area contributed by atoms with Crippen LogP contribution in [0, 0.1) is 11.3 Å². The zero-order valence-corrected chi connectivity index (χ0v) is 12.3. The molecule has 0 N–H and O–H groups in total. The molecule has 1 rings (SSSR count). The zero-order valence-electron chi connectivity index (χ0n) is 12.3. The van der Waals surface area contributed by atoms with Crippen molar-refractivity contribution in [3.63, 3.8) is 0 Å². The summed E-state index contributed by atoms with van der Waals surface area (Å²) in [5.41, 5.74) is -0.190. The van der Waals surface area contributed by atoms with Crippen molar-refractivity contribution in [3.8, 4) is 0 Å². The van der Waals surface area contributed by atoms with Gasteiger partial charge in [-0.05, 0) is 19.8 Å². The molecule has 4 nitrogen and oxygen atoms in total. The van der Waals surface area contributed by atoms with Gasteiger partial charge in [0.2, 0.25) is 0 Å². The quantitative estimate of drug-likeness (QED) is 0.502. The number of hydrogen-bond acceptors (Lipinski definition) is 4. The summed E-state index contributed by atoms with van der Waals surface area (Å²) in [6.07, 6.45) is 4.33. The van der Waals surface area contributed by atoms with E-state index in [1.165, 1.54) is 0 Å². The molecule has 1 saturated heterocycles. The van der Waals surface area contributed by atoms with Crippen LogP contribution in [0.15, 0.2) is 12.7 Å². The van der Waals surface area contributed by atoms with Gasteiger partial charge >= 0.3 is 5.97 Å². The summed E-state index contributed by atoms with van der Waals surface area (Å²) in [4.78, 5) is 11.5. The Morgan fingerprint density at radius 3 is 2.68 bits per heavy atom. The Hall–Kier alpha value is -0.870. The Balaban J connectivity index is 2.37. The van der Waals surface area contributed by atoms with E-state index in [0.29, 0.717) is 19.8 Å². The van der Waals surface area contributed by atoms with Crippen LogP contribution < -0.4 is 0 Å². The van der Waals surface area contributed by atoms with Crippen molar-refractivity contribution in [1.82, 2.24) is 0 Å². The first-order valence-corrected chi connectivity index (χ1v) is 7.07. The van der Waals surface area contributed by atoms with E-state index >= 15 is 0 Å². The number of ether oxygens (including phenoxy) is 3. The Kier molecular flexibility index (Phi) is 6.52. The molecular formula is C15H26O4. The maximum Gasteiger partial charge on any atom is 0.308 e. The minimum absolute atomic E-state index is 0.0561. The van der Waals surface area contributed by atoms with Crippen molar-refractivity contribution in [2.45, 2.75) is 46.3 Å². The van der Waals surface area contributed by atoms with E-state index in [1.807, 2.05) is 19.9 Å². The van der Waals surface area contributed by atoms with Crippen molar-refractivity contribution in [2.75, 3.05) is 19.8 Å². The molecule has 19 heavy (non-hydrogen) atoms. The van der Waals surface area contributed by atoms with Gasteiger partial charge in [0.15, 0.2) is 6.29 Å². The first-order valence-electron chi connectivity index (χ1n) is 7.07. The SMILES string of the molecule is C=C[C@](C)(CCCC(C)C(=O)OCC)C1OCCO1. The highest BCUT2D eigenvalue weighted by atomic mass is 16.7. The molecule has 1 heterocycles. The van der Waals surface area contributed by atoms with E-state index in [2.05, 4.69) is 13.5 Å². The third-order valence-electron chi connectivity index (χ3n) is 3.67. The summed E-state index contributed by atoms with van der Waals surface area (Å²) in [6.45, 7) is 11.4. The van der Waals surface area contributed by atoms with E-state index in [9.17, 15) is 4.79 Å². The fourth-order valence-electron chi connectivity index (χ4n) is 2.25. The van der Waals surface area contributed by atoms with Crippen molar-refractivity contribution in [1.29, 1.82) is 0 Å². The molecule has 0 radical (unpaired) electrons. The van der Waals surface area contributed by atoms with E-state index in [-0.39, 0.29) is 23.6 Å². The van der Waals surface area contributed by atoms with Crippen LogP contribution in [0.5, 0.6) is 0 Å². The van der Waals surface area contributed by atoms with Crippen LogP contribution in [0.25, 0.3) is 0 Å². The predicted molar refractivity (Wildman–Crippen MR) is 73.6 cm³/mol. The van der Waals surface area contributed by atoms with Crippen LogP contribution in [-0.4, -0.2) is 32.1 Å². The minimum atomic E-state index is -0.206. The van der Waals surface area contributed by atoms with Crippen molar-refractivity contribution >= 4 is 5.97 Å². The Labute approximate surface area is 116 Å². The van der Waals surface area contributed by atoms with Crippen molar-refractivity contribution < 1.29 is 19.0 Å². The van der Waals surface area contributed by atoms with Gasteiger partial charge in [0.1, 0.15) is 0 Å². The maximum absolute atomic E-state index is 11.5. The van der Waals surface area contributed by atoms with Crippen LogP contribution in [0.3, 0.4) is 0 Å². The summed E-state index contributed by atoms with van der Waals surface area (Å²) in [7, 11) is 0. The van der Waals surface area contributed by atoms with Crippen molar-refractivity contribution in [3.05, 3.63) is 12.7 Å². The van der Waals surface area contributed by atoms with E-state index in [4.69, 9.17) is 14.2 Å². The second-order valence-electron chi connectivity index (χ2n) is 5.33. The monoisotopic (exact) mass is 270 g/mol. The highest BCUT2D eigenvalue weighted by Crippen LogP contribution is 2.34. The molecule has 0 aliphatic carbocycles. The Bertz CT molecular complexity index is 297. The molecule has 1 unspecified atom stereocenters. The summed E-state index contributed by atoms with van der Waals surface area (Å²) in [5.74, 6) is -0.171. The fourth-order valence-corrected chi connectivity index (χ4v) is 2.25. The van der Waals surface area contributed by atoms with Gasteiger partial charge in [0.05, 0.1) is 25.7 Å². The molecule has 0 aromatic carbocycles. The molecule has 1 aliphatic rings. The van der Waals surface area contributed by atoms with Crippen LogP contribution in [0.2, 0.25) is 0 Å². The topological polar surface area (TPSA) is 44.8 Å². The molecule has 0 amide bonds. The van der Waals surface area contributed by atoms with Gasteiger partial charge < -0.3 is 14.2 Å². The highest BCUT2D eigenvalue weighted by Gasteiger charge is 2.35. The normalized spacial score (nSPS) is 20.8. The van der Waals surface area contributed by atoms with E-state index in [0.717, 1.165) is 19.3 Å². The lowest BCUT2D eigenvalue weighted by molar-refractivity contribution is -0.147. The molecule has 0 saturated carbocycles. The lowest BCUT2D eigenvalue weighted by atomic mass is 9.83. The standard InChI is InChI=1S/C15H26O4/c1-5-15(4,14-18-10-11-19-14)9-7-8-12(3)13(16)17-6-2/h5,12,14H,1,6-11H2,2-4H3/t12?,15-/m1/s1. The lowest BCUT2D eigenvalue weighted by Crippen LogP contribution is -2.31. The summed E-state index contributed by atoms with van der Waals surface area (Å²) < 4.78 is 16.1. The minimum Gasteiger partial charge on any atom is -0.466 e. The van der Waals surface area contributed by atoms with E-state index < -0.39 is 0 Å². The van der Waals surface area contributed by atoms with Gasteiger partial charge in [-0.3, -0.25) is 4.79 Å². The van der Waals surface area contributed by atoms with Crippen LogP contribution >= 0.6 is 0 Å². The Morgan fingerprint density at radius 2 is 2.16 bits per heavy atom. The summed E-state index contributed by atoms with van der Waals surface area (Å²) >= 11 is 0. The molecule has 1 aliphatic heterocycles. The average molecular weight is 270 g/mol. The van der Waals surface area contributed by atoms with Gasteiger partial charge in [-0.15, -0.1) is 6.58 Å². The molecule has 0 spiro atoms. The van der Waals surface area contributed by atoms with Gasteiger partial charge in [-0.2, -0.15) is 0 Å². The molecule has 1 fully saturated rings. The number of carbonyl (C=O) groups excluding carboxylic acids is 1. The van der Waals surface area contributed by atoms with Gasteiger partial charge in [-0.25, -0.2) is 0 Å². The average Bonchev–Trinajstić information content (AvgIpc) is 2.93. The van der Waals surface area contributed by atoms with Gasteiger partial charge in [0.25, 0.3) is 0 Å². The third kappa shape index (κ3) is 4.62. The molecule has 2 atom stereocenters. The maximum atomic E-state index is 11.5. The second kappa shape index (κ2) is 7.65. The molecule has 4 heteroatoms. The number of hydrogen-bond donors (Lipinski definition) is 0. The van der Waals surface area contributed by atoms with Crippen molar-refractivity contribution in [2.24, 2.45) is 11.3 Å². The Morgan fingerprint density at radius 1 is 1.53 bits per heavy atom. The first-order chi connectivity index (χ1) is 9.03. The van der Waals surface area contributed by atoms with E-state index in [1.54, 1.807) is 0 Å². The lowest BCUT2D eigenvalue weighted by Gasteiger charge is -2.31. The smallest absolute Gasteiger partial charge is 0.308 e. The molecule has 0 aromatic heterocycles. The largest absolute Gasteiger partial charge is 0.466 e. The number of carbonyl (C=O) groups is 1. The van der Waals surface area contributed by atoms with Gasteiger partial charge in [-0.1, -0.05) is 26.3 Å². The number of rotatable bonds is 8. The first kappa shape index (κ1) is 16.2. The number of esters is 1. The summed E-state index contributed by atoms with van der Waals surface area (Å²) in [5, 5.41) is 0. The van der Waals surface area contributed by atoms with Gasteiger partial charge in [0, 0.05) is 5.41 Å². The van der Waals surface area contributed by atoms with Crippen LogP contribution in [0.4, 0.5) is 0 Å². The fraction of sp³-hybridized carbons (Fsp3) is 0.800. The van der Waals surface area contributed by atoms with Crippen LogP contribution in [-0.2, 0) is 19.0 Å². The third-order valence-corrected chi connectivity index (χ3v) is 3.67. The second-order valence-corrected chi connectivity index (χ2v) is 5.33. The molecule has 110 valence electrons. The molecule has 0 aromatic rings. The predicted octanol–water partition coefficient (Wildman–Crippen LogP) is 2.92.